The number of sulfonamides is 1. The molecule has 3 aromatic rings. The van der Waals surface area contributed by atoms with Crippen molar-refractivity contribution in [2.24, 2.45) is 5.10 Å². The van der Waals surface area contributed by atoms with Gasteiger partial charge in [0.15, 0.2) is 11.5 Å². The van der Waals surface area contributed by atoms with Crippen LogP contribution in [0.25, 0.3) is 0 Å². The Morgan fingerprint density at radius 2 is 1.60 bits per heavy atom. The van der Waals surface area contributed by atoms with Crippen molar-refractivity contribution in [1.82, 2.24) is 9.73 Å². The monoisotopic (exact) mass is 497 g/mol. The van der Waals surface area contributed by atoms with Crippen LogP contribution < -0.4 is 14.9 Å². The van der Waals surface area contributed by atoms with Crippen molar-refractivity contribution in [3.05, 3.63) is 82.9 Å². The van der Waals surface area contributed by atoms with Gasteiger partial charge in [0.25, 0.3) is 5.91 Å². The van der Waals surface area contributed by atoms with Gasteiger partial charge in [0.1, 0.15) is 0 Å². The van der Waals surface area contributed by atoms with Crippen molar-refractivity contribution in [2.45, 2.75) is 18.4 Å². The van der Waals surface area contributed by atoms with Gasteiger partial charge in [-0.15, -0.1) is 0 Å². The zero-order valence-electron chi connectivity index (χ0n) is 19.8. The minimum absolute atomic E-state index is 0.131. The van der Waals surface area contributed by atoms with E-state index in [4.69, 9.17) is 9.47 Å². The predicted molar refractivity (Wildman–Crippen MR) is 133 cm³/mol. The van der Waals surface area contributed by atoms with E-state index >= 15 is 0 Å². The number of phenols is 1. The van der Waals surface area contributed by atoms with Gasteiger partial charge >= 0.3 is 0 Å². The highest BCUT2D eigenvalue weighted by molar-refractivity contribution is 7.89. The fourth-order valence-electron chi connectivity index (χ4n) is 3.21. The van der Waals surface area contributed by atoms with Crippen LogP contribution in [-0.2, 0) is 16.6 Å². The normalized spacial score (nSPS) is 11.6. The standard InChI is InChI=1S/C25H27N3O6S/c1-17-5-11-21(12-6-17)35(31,32)28(2)16-18-7-9-20(10-8-18)25(30)27-26-15-19-13-22(33-3)24(29)23(14-19)34-4/h5-15,29H,16H2,1-4H3,(H,27,30). The molecule has 0 aromatic heterocycles. The van der Waals surface area contributed by atoms with Gasteiger partial charge in [0, 0.05) is 24.7 Å². The van der Waals surface area contributed by atoms with E-state index in [9.17, 15) is 18.3 Å². The summed E-state index contributed by atoms with van der Waals surface area (Å²) in [4.78, 5) is 12.6. The Labute approximate surface area is 204 Å². The van der Waals surface area contributed by atoms with Gasteiger partial charge in [0.05, 0.1) is 25.3 Å². The number of hydrogen-bond donors (Lipinski definition) is 2. The number of amides is 1. The molecule has 3 rings (SSSR count). The Morgan fingerprint density at radius 1 is 1.03 bits per heavy atom. The molecule has 0 heterocycles. The number of hydrazone groups is 1. The van der Waals surface area contributed by atoms with E-state index in [1.807, 2.05) is 6.92 Å². The molecule has 0 radical (unpaired) electrons. The average Bonchev–Trinajstić information content (AvgIpc) is 2.85. The Bertz CT molecular complexity index is 1300. The number of rotatable bonds is 9. The topological polar surface area (TPSA) is 118 Å². The number of carbonyl (C=O) groups is 1. The number of aromatic hydroxyl groups is 1. The Morgan fingerprint density at radius 3 is 2.14 bits per heavy atom. The number of aryl methyl sites for hydroxylation is 1. The van der Waals surface area contributed by atoms with E-state index in [0.29, 0.717) is 11.1 Å². The summed E-state index contributed by atoms with van der Waals surface area (Å²) in [5.41, 5.74) is 5.04. The molecule has 0 fully saturated rings. The van der Waals surface area contributed by atoms with E-state index in [0.717, 1.165) is 11.1 Å². The summed E-state index contributed by atoms with van der Waals surface area (Å²) in [6.07, 6.45) is 1.39. The molecule has 0 aliphatic rings. The lowest BCUT2D eigenvalue weighted by Crippen LogP contribution is -2.26. The highest BCUT2D eigenvalue weighted by atomic mass is 32.2. The first-order chi connectivity index (χ1) is 16.6. The molecule has 0 aliphatic heterocycles. The van der Waals surface area contributed by atoms with Crippen LogP contribution in [0.4, 0.5) is 0 Å². The first-order valence-electron chi connectivity index (χ1n) is 10.6. The van der Waals surface area contributed by atoms with Gasteiger partial charge < -0.3 is 14.6 Å². The number of benzene rings is 3. The number of carbonyl (C=O) groups excluding carboxylic acids is 1. The van der Waals surface area contributed by atoms with Crippen LogP contribution in [0.15, 0.2) is 70.7 Å². The smallest absolute Gasteiger partial charge is 0.271 e. The van der Waals surface area contributed by atoms with E-state index in [-0.39, 0.29) is 28.7 Å². The Balaban J connectivity index is 1.63. The summed E-state index contributed by atoms with van der Waals surface area (Å²) in [6, 6.07) is 16.3. The number of hydrogen-bond acceptors (Lipinski definition) is 7. The number of nitrogens with one attached hydrogen (secondary N) is 1. The van der Waals surface area contributed by atoms with Crippen molar-refractivity contribution >= 4 is 22.1 Å². The maximum Gasteiger partial charge on any atom is 0.271 e. The molecule has 0 unspecified atom stereocenters. The molecule has 184 valence electrons. The van der Waals surface area contributed by atoms with E-state index < -0.39 is 15.9 Å². The summed E-state index contributed by atoms with van der Waals surface area (Å²) in [7, 11) is 0.708. The minimum atomic E-state index is -3.63. The highest BCUT2D eigenvalue weighted by Gasteiger charge is 2.20. The summed E-state index contributed by atoms with van der Waals surface area (Å²) >= 11 is 0. The lowest BCUT2D eigenvalue weighted by molar-refractivity contribution is 0.0955. The maximum atomic E-state index is 12.8. The van der Waals surface area contributed by atoms with Crippen LogP contribution in [-0.4, -0.2) is 51.2 Å². The summed E-state index contributed by atoms with van der Waals surface area (Å²) in [5, 5.41) is 13.9. The highest BCUT2D eigenvalue weighted by Crippen LogP contribution is 2.36. The molecule has 0 bridgehead atoms. The van der Waals surface area contributed by atoms with Gasteiger partial charge in [0.2, 0.25) is 15.8 Å². The molecule has 35 heavy (non-hydrogen) atoms. The largest absolute Gasteiger partial charge is 0.502 e. The lowest BCUT2D eigenvalue weighted by Gasteiger charge is -2.17. The minimum Gasteiger partial charge on any atom is -0.502 e. The van der Waals surface area contributed by atoms with Crippen molar-refractivity contribution in [3.8, 4) is 17.2 Å². The first kappa shape index (κ1) is 25.7. The lowest BCUT2D eigenvalue weighted by atomic mass is 10.1. The molecule has 2 N–H and O–H groups in total. The molecule has 3 aromatic carbocycles. The molecule has 0 saturated carbocycles. The van der Waals surface area contributed by atoms with Crippen LogP contribution >= 0.6 is 0 Å². The number of nitrogens with zero attached hydrogens (tertiary/aromatic N) is 2. The van der Waals surface area contributed by atoms with E-state index in [1.165, 1.54) is 31.8 Å². The summed E-state index contributed by atoms with van der Waals surface area (Å²) in [5.74, 6) is -0.149. The predicted octanol–water partition coefficient (Wildman–Crippen LogP) is 3.30. The average molecular weight is 498 g/mol. The van der Waals surface area contributed by atoms with Gasteiger partial charge in [-0.2, -0.15) is 9.41 Å². The van der Waals surface area contributed by atoms with E-state index in [2.05, 4.69) is 10.5 Å². The Hall–Kier alpha value is -3.89. The van der Waals surface area contributed by atoms with Gasteiger partial charge in [-0.05, 0) is 48.9 Å². The van der Waals surface area contributed by atoms with Crippen LogP contribution in [0.5, 0.6) is 17.2 Å². The third-order valence-electron chi connectivity index (χ3n) is 5.23. The molecule has 1 amide bonds. The third kappa shape index (κ3) is 6.17. The van der Waals surface area contributed by atoms with Gasteiger partial charge in [-0.3, -0.25) is 4.79 Å². The van der Waals surface area contributed by atoms with Crippen molar-refractivity contribution in [1.29, 1.82) is 0 Å². The summed E-state index contributed by atoms with van der Waals surface area (Å²) < 4.78 is 37.0. The fraction of sp³-hybridized carbons (Fsp3) is 0.200. The molecule has 0 spiro atoms. The third-order valence-corrected chi connectivity index (χ3v) is 7.05. The molecular formula is C25H27N3O6S. The van der Waals surface area contributed by atoms with Gasteiger partial charge in [-0.1, -0.05) is 29.8 Å². The SMILES string of the molecule is COc1cc(C=NNC(=O)c2ccc(CN(C)S(=O)(=O)c3ccc(C)cc3)cc2)cc(OC)c1O. The molecule has 0 saturated heterocycles. The fourth-order valence-corrected chi connectivity index (χ4v) is 4.37. The van der Waals surface area contributed by atoms with Crippen LogP contribution in [0.3, 0.4) is 0 Å². The number of ether oxygens (including phenoxy) is 2. The van der Waals surface area contributed by atoms with Crippen LogP contribution in [0.2, 0.25) is 0 Å². The molecule has 10 heteroatoms. The zero-order valence-corrected chi connectivity index (χ0v) is 20.7. The second-order valence-electron chi connectivity index (χ2n) is 7.74. The summed E-state index contributed by atoms with van der Waals surface area (Å²) in [6.45, 7) is 2.05. The second-order valence-corrected chi connectivity index (χ2v) is 9.79. The molecule has 0 atom stereocenters. The maximum absolute atomic E-state index is 12.8. The molecular weight excluding hydrogens is 470 g/mol. The van der Waals surface area contributed by atoms with Crippen LogP contribution in [0.1, 0.15) is 27.0 Å². The second kappa shape index (κ2) is 11.0. The van der Waals surface area contributed by atoms with Crippen LogP contribution in [0, 0.1) is 6.92 Å². The van der Waals surface area contributed by atoms with Crippen molar-refractivity contribution in [2.75, 3.05) is 21.3 Å². The quantitative estimate of drug-likeness (QED) is 0.346. The number of phenolic OH excluding ortho intramolecular Hbond substituents is 1. The molecule has 0 aliphatic carbocycles. The van der Waals surface area contributed by atoms with E-state index in [1.54, 1.807) is 60.7 Å². The number of methoxy groups -OCH3 is 2. The van der Waals surface area contributed by atoms with Gasteiger partial charge in [-0.25, -0.2) is 13.8 Å². The van der Waals surface area contributed by atoms with Crippen molar-refractivity contribution in [3.63, 3.8) is 0 Å². The molecule has 9 nitrogen and oxygen atoms in total. The first-order valence-corrected chi connectivity index (χ1v) is 12.0. The zero-order chi connectivity index (χ0) is 25.6. The Kier molecular flexibility index (Phi) is 8.10. The van der Waals surface area contributed by atoms with Crippen molar-refractivity contribution < 1.29 is 27.8 Å².